The molecule has 1 saturated heterocycles. The average Bonchev–Trinajstić information content (AvgIpc) is 2.48. The highest BCUT2D eigenvalue weighted by Crippen LogP contribution is 2.26. The summed E-state index contributed by atoms with van der Waals surface area (Å²) >= 11 is 0. The molecule has 1 aromatic rings. The van der Waals surface area contributed by atoms with E-state index in [1.165, 1.54) is 0 Å². The Morgan fingerprint density at radius 1 is 1.46 bits per heavy atom. The molecule has 0 aliphatic carbocycles. The number of rotatable bonds is 1. The first-order valence-corrected chi connectivity index (χ1v) is 4.43. The Morgan fingerprint density at radius 2 is 2.31 bits per heavy atom. The highest BCUT2D eigenvalue weighted by Gasteiger charge is 2.23. The van der Waals surface area contributed by atoms with E-state index >= 15 is 0 Å². The number of aromatic hydroxyl groups is 1. The molecule has 1 atom stereocenters. The zero-order chi connectivity index (χ0) is 9.26. The molecule has 1 aliphatic heterocycles. The van der Waals surface area contributed by atoms with Gasteiger partial charge in [0.15, 0.2) is 0 Å². The van der Waals surface area contributed by atoms with Crippen LogP contribution in [-0.2, 0) is 0 Å². The lowest BCUT2D eigenvalue weighted by molar-refractivity contribution is 0.268. The second-order valence-corrected chi connectivity index (χ2v) is 3.25. The monoisotopic (exact) mass is 184 g/mol. The molecular weight excluding hydrogens is 172 g/mol. The molecule has 2 heterocycles. The summed E-state index contributed by atoms with van der Waals surface area (Å²) in [6.07, 6.45) is 3.06. The van der Waals surface area contributed by atoms with Crippen LogP contribution in [0.5, 0.6) is 5.95 Å². The van der Waals surface area contributed by atoms with E-state index in [1.807, 2.05) is 0 Å². The molecule has 2 rings (SSSR count). The Morgan fingerprint density at radius 3 is 2.85 bits per heavy atom. The van der Waals surface area contributed by atoms with Gasteiger partial charge < -0.3 is 14.9 Å². The zero-order valence-electron chi connectivity index (χ0n) is 7.17. The lowest BCUT2D eigenvalue weighted by atomic mass is 10.00. The first-order valence-electron chi connectivity index (χ1n) is 4.43. The molecule has 0 radical (unpaired) electrons. The van der Waals surface area contributed by atoms with E-state index in [1.54, 1.807) is 0 Å². The summed E-state index contributed by atoms with van der Waals surface area (Å²) in [5.74, 6) is -0.288. The molecule has 1 fully saturated rings. The molecule has 5 heteroatoms. The van der Waals surface area contributed by atoms with Crippen molar-refractivity contribution in [3.8, 4) is 5.95 Å². The summed E-state index contributed by atoms with van der Waals surface area (Å²) in [5.41, 5.74) is -0.00315. The van der Waals surface area contributed by atoms with E-state index in [0.29, 0.717) is 5.56 Å². The molecule has 1 aliphatic rings. The second kappa shape index (κ2) is 3.26. The normalized spacial score (nSPS) is 23.2. The molecule has 0 amide bonds. The van der Waals surface area contributed by atoms with Gasteiger partial charge in [0, 0.05) is 6.04 Å². The lowest BCUT2D eigenvalue weighted by Crippen LogP contribution is -2.29. The van der Waals surface area contributed by atoms with E-state index in [9.17, 15) is 9.90 Å². The van der Waals surface area contributed by atoms with Crippen LogP contribution in [0.25, 0.3) is 0 Å². The van der Waals surface area contributed by atoms with Gasteiger partial charge in [-0.25, -0.2) is 0 Å². The third kappa shape index (κ3) is 1.47. The van der Waals surface area contributed by atoms with Gasteiger partial charge in [-0.1, -0.05) is 6.42 Å². The molecule has 5 nitrogen and oxygen atoms in total. The summed E-state index contributed by atoms with van der Waals surface area (Å²) in [6, 6.07) is -0.0590. The maximum Gasteiger partial charge on any atom is 0.314 e. The molecule has 72 valence electrons. The van der Waals surface area contributed by atoms with Crippen LogP contribution < -0.4 is 10.9 Å². The average molecular weight is 184 g/mol. The molecule has 1 unspecified atom stereocenters. The highest BCUT2D eigenvalue weighted by atomic mass is 16.6. The number of aromatic amines is 1. The third-order valence-electron chi connectivity index (χ3n) is 2.37. The van der Waals surface area contributed by atoms with Crippen LogP contribution in [0, 0.1) is 0 Å². The van der Waals surface area contributed by atoms with Crippen molar-refractivity contribution in [2.24, 2.45) is 0 Å². The standard InChI is InChI=1S/C8H12N2O3/c11-7-6(8(12)13-10-7)5-3-1-2-4-9-5/h5,9,12H,1-4H2,(H,10,11). The number of hydrogen-bond acceptors (Lipinski definition) is 4. The third-order valence-corrected chi connectivity index (χ3v) is 2.37. The second-order valence-electron chi connectivity index (χ2n) is 3.25. The smallest absolute Gasteiger partial charge is 0.314 e. The van der Waals surface area contributed by atoms with E-state index < -0.39 is 0 Å². The van der Waals surface area contributed by atoms with Crippen LogP contribution in [0.3, 0.4) is 0 Å². The van der Waals surface area contributed by atoms with Crippen molar-refractivity contribution in [3.05, 3.63) is 15.9 Å². The predicted molar refractivity (Wildman–Crippen MR) is 45.6 cm³/mol. The fourth-order valence-electron chi connectivity index (χ4n) is 1.71. The van der Waals surface area contributed by atoms with E-state index in [-0.39, 0.29) is 17.5 Å². The van der Waals surface area contributed by atoms with Crippen molar-refractivity contribution >= 4 is 0 Å². The molecule has 13 heavy (non-hydrogen) atoms. The number of hydrogen-bond donors (Lipinski definition) is 3. The van der Waals surface area contributed by atoms with Gasteiger partial charge in [0.25, 0.3) is 5.56 Å². The lowest BCUT2D eigenvalue weighted by Gasteiger charge is -2.21. The summed E-state index contributed by atoms with van der Waals surface area (Å²) in [5, 5.41) is 14.5. The number of H-pyrrole nitrogens is 1. The first kappa shape index (κ1) is 8.37. The fourth-order valence-corrected chi connectivity index (χ4v) is 1.71. The number of piperidine rings is 1. The van der Waals surface area contributed by atoms with Crippen molar-refractivity contribution in [3.63, 3.8) is 0 Å². The van der Waals surface area contributed by atoms with Crippen LogP contribution in [0.2, 0.25) is 0 Å². The van der Waals surface area contributed by atoms with Crippen LogP contribution >= 0.6 is 0 Å². The van der Waals surface area contributed by atoms with Crippen LogP contribution in [-0.4, -0.2) is 16.8 Å². The Hall–Kier alpha value is -1.23. The van der Waals surface area contributed by atoms with Gasteiger partial charge in [-0.2, -0.15) is 5.16 Å². The van der Waals surface area contributed by atoms with Crippen LogP contribution in [0.4, 0.5) is 0 Å². The Bertz CT molecular complexity index is 335. The van der Waals surface area contributed by atoms with E-state index in [0.717, 1.165) is 25.8 Å². The van der Waals surface area contributed by atoms with Gasteiger partial charge in [0.05, 0.1) is 0 Å². The zero-order valence-corrected chi connectivity index (χ0v) is 7.17. The summed E-state index contributed by atoms with van der Waals surface area (Å²) in [6.45, 7) is 0.884. The fraction of sp³-hybridized carbons (Fsp3) is 0.625. The highest BCUT2D eigenvalue weighted by molar-refractivity contribution is 5.22. The van der Waals surface area contributed by atoms with Crippen molar-refractivity contribution in [2.45, 2.75) is 25.3 Å². The maximum atomic E-state index is 11.2. The van der Waals surface area contributed by atoms with Gasteiger partial charge >= 0.3 is 5.95 Å². The van der Waals surface area contributed by atoms with Crippen molar-refractivity contribution < 1.29 is 9.63 Å². The van der Waals surface area contributed by atoms with Crippen LogP contribution in [0.1, 0.15) is 30.9 Å². The summed E-state index contributed by atoms with van der Waals surface area (Å²) in [4.78, 5) is 11.2. The topological polar surface area (TPSA) is 78.3 Å². The molecular formula is C8H12N2O3. The van der Waals surface area contributed by atoms with Gasteiger partial charge in [0.1, 0.15) is 5.56 Å². The van der Waals surface area contributed by atoms with Crippen molar-refractivity contribution in [1.29, 1.82) is 0 Å². The minimum atomic E-state index is -0.336. The molecule has 0 saturated carbocycles. The van der Waals surface area contributed by atoms with Gasteiger partial charge in [-0.3, -0.25) is 4.79 Å². The summed E-state index contributed by atoms with van der Waals surface area (Å²) in [7, 11) is 0. The maximum absolute atomic E-state index is 11.2. The van der Waals surface area contributed by atoms with Gasteiger partial charge in [-0.05, 0) is 19.4 Å². The number of aromatic nitrogens is 1. The molecule has 1 aromatic heterocycles. The van der Waals surface area contributed by atoms with Crippen LogP contribution in [0.15, 0.2) is 9.32 Å². The van der Waals surface area contributed by atoms with Gasteiger partial charge in [-0.15, -0.1) is 0 Å². The van der Waals surface area contributed by atoms with Crippen molar-refractivity contribution in [2.75, 3.05) is 6.54 Å². The quantitative estimate of drug-likeness (QED) is 0.593. The largest absolute Gasteiger partial charge is 0.479 e. The SMILES string of the molecule is O=c1[nH]oc(O)c1C1CCCCN1. The first-order chi connectivity index (χ1) is 6.29. The minimum absolute atomic E-state index is 0.0590. The molecule has 3 N–H and O–H groups in total. The Labute approximate surface area is 74.7 Å². The molecule has 0 spiro atoms. The van der Waals surface area contributed by atoms with Crippen molar-refractivity contribution in [1.82, 2.24) is 10.5 Å². The minimum Gasteiger partial charge on any atom is -0.479 e. The predicted octanol–water partition coefficient (Wildman–Crippen LogP) is 0.488. The van der Waals surface area contributed by atoms with E-state index in [4.69, 9.17) is 0 Å². The molecule has 0 aromatic carbocycles. The Balaban J connectivity index is 2.27. The number of nitrogens with one attached hydrogen (secondary N) is 2. The molecule has 0 bridgehead atoms. The summed E-state index contributed by atoms with van der Waals surface area (Å²) < 4.78 is 4.53. The Kier molecular flexibility index (Phi) is 2.10. The van der Waals surface area contributed by atoms with Gasteiger partial charge in [0.2, 0.25) is 0 Å². The van der Waals surface area contributed by atoms with E-state index in [2.05, 4.69) is 15.0 Å².